The second-order valence-corrected chi connectivity index (χ2v) is 9.62. The lowest BCUT2D eigenvalue weighted by Gasteiger charge is -2.15. The molecule has 0 aliphatic heterocycles. The summed E-state index contributed by atoms with van der Waals surface area (Å²) in [4.78, 5) is 0. The molecule has 2 aromatic carbocycles. The molecule has 0 spiro atoms. The maximum absolute atomic E-state index is 8.30. The molecule has 0 saturated carbocycles. The molecule has 0 radical (unpaired) electrons. The van der Waals surface area contributed by atoms with Gasteiger partial charge in [-0.05, 0) is 5.92 Å². The number of aliphatic hydroxyl groups excluding tert-OH is 1. The van der Waals surface area contributed by atoms with Crippen LogP contribution in [0.5, 0.6) is 0 Å². The minimum Gasteiger partial charge on any atom is -0.396 e. The van der Waals surface area contributed by atoms with Crippen molar-refractivity contribution in [3.05, 3.63) is 60.7 Å². The third-order valence-corrected chi connectivity index (χ3v) is 8.30. The van der Waals surface area contributed by atoms with E-state index in [9.17, 15) is 0 Å². The molecule has 1 nitrogen and oxygen atoms in total. The molecule has 0 aliphatic rings. The first-order chi connectivity index (χ1) is 11.2. The molecule has 0 aliphatic carbocycles. The van der Waals surface area contributed by atoms with Crippen LogP contribution in [0.3, 0.4) is 0 Å². The third kappa shape index (κ3) is 7.96. The molecule has 2 aromatic rings. The molecule has 0 fully saturated rings. The van der Waals surface area contributed by atoms with Crippen LogP contribution in [0, 0.1) is 5.92 Å². The smallest absolute Gasteiger partial charge is 0.103 e. The zero-order chi connectivity index (χ0) is 16.9. The van der Waals surface area contributed by atoms with Crippen molar-refractivity contribution >= 4 is 35.1 Å². The number of hydrogen-bond donors (Lipinski definition) is 1. The van der Waals surface area contributed by atoms with Crippen molar-refractivity contribution < 1.29 is 5.11 Å². The molecular formula is C20H29BrOSi. The van der Waals surface area contributed by atoms with Crippen LogP contribution in [0.4, 0.5) is 0 Å². The van der Waals surface area contributed by atoms with Gasteiger partial charge in [0.1, 0.15) is 8.80 Å². The standard InChI is InChI=1S/C16H20Si.C4H9BrO/c1-2-3-14-17(15-10-6-4-7-11-15)16-12-8-5-9-13-16;1-4(2-5)3-6/h4-13,17H,2-3,14H2,1H3;4,6H,2-3H2,1H3/t;4-/m.0/s1. The molecule has 0 unspecified atom stereocenters. The van der Waals surface area contributed by atoms with Gasteiger partial charge in [0.25, 0.3) is 0 Å². The van der Waals surface area contributed by atoms with Crippen molar-refractivity contribution in [3.8, 4) is 0 Å². The Morgan fingerprint density at radius 1 is 0.957 bits per heavy atom. The van der Waals surface area contributed by atoms with Crippen molar-refractivity contribution in [1.82, 2.24) is 0 Å². The van der Waals surface area contributed by atoms with Crippen LogP contribution < -0.4 is 10.4 Å². The molecule has 0 heterocycles. The van der Waals surface area contributed by atoms with Gasteiger partial charge in [0, 0.05) is 11.9 Å². The summed E-state index contributed by atoms with van der Waals surface area (Å²) in [6, 6.07) is 23.5. The van der Waals surface area contributed by atoms with E-state index < -0.39 is 8.80 Å². The highest BCUT2D eigenvalue weighted by Crippen LogP contribution is 2.03. The topological polar surface area (TPSA) is 20.2 Å². The highest BCUT2D eigenvalue weighted by atomic mass is 79.9. The molecule has 0 saturated heterocycles. The Balaban J connectivity index is 0.000000379. The number of halogens is 1. The minimum absolute atomic E-state index is 0.283. The van der Waals surface area contributed by atoms with Gasteiger partial charge in [0.15, 0.2) is 0 Å². The van der Waals surface area contributed by atoms with Crippen LogP contribution in [-0.2, 0) is 0 Å². The molecule has 126 valence electrons. The van der Waals surface area contributed by atoms with Gasteiger partial charge in [-0.15, -0.1) is 0 Å². The fraction of sp³-hybridized carbons (Fsp3) is 0.400. The van der Waals surface area contributed by atoms with Gasteiger partial charge in [-0.2, -0.15) is 0 Å². The number of aliphatic hydroxyl groups is 1. The Kier molecular flexibility index (Phi) is 11.0. The summed E-state index contributed by atoms with van der Waals surface area (Å²) in [6.45, 7) is 4.54. The Morgan fingerprint density at radius 3 is 1.74 bits per heavy atom. The quantitative estimate of drug-likeness (QED) is 0.560. The molecule has 0 aromatic heterocycles. The van der Waals surface area contributed by atoms with Gasteiger partial charge >= 0.3 is 0 Å². The number of alkyl halides is 1. The molecule has 23 heavy (non-hydrogen) atoms. The maximum atomic E-state index is 8.30. The normalized spacial score (nSPS) is 11.7. The SMILES string of the molecule is CCCC[SiH](c1ccccc1)c1ccccc1.C[C@H](CO)CBr. The molecule has 1 N–H and O–H groups in total. The highest BCUT2D eigenvalue weighted by molar-refractivity contribution is 9.09. The summed E-state index contributed by atoms with van der Waals surface area (Å²) in [5.41, 5.74) is 0. The number of hydrogen-bond acceptors (Lipinski definition) is 1. The van der Waals surface area contributed by atoms with Crippen LogP contribution in [0.2, 0.25) is 6.04 Å². The molecule has 3 heteroatoms. The maximum Gasteiger partial charge on any atom is 0.103 e. The van der Waals surface area contributed by atoms with Crippen molar-refractivity contribution in [3.63, 3.8) is 0 Å². The van der Waals surface area contributed by atoms with E-state index in [1.165, 1.54) is 18.9 Å². The van der Waals surface area contributed by atoms with Gasteiger partial charge in [-0.3, -0.25) is 0 Å². The van der Waals surface area contributed by atoms with Gasteiger partial charge < -0.3 is 5.11 Å². The van der Waals surface area contributed by atoms with Crippen LogP contribution >= 0.6 is 15.9 Å². The van der Waals surface area contributed by atoms with E-state index in [1.807, 2.05) is 6.92 Å². The van der Waals surface area contributed by atoms with Crippen LogP contribution in [0.25, 0.3) is 0 Å². The first-order valence-electron chi connectivity index (χ1n) is 8.49. The van der Waals surface area contributed by atoms with E-state index in [2.05, 4.69) is 83.5 Å². The monoisotopic (exact) mass is 392 g/mol. The Labute approximate surface area is 151 Å². The average Bonchev–Trinajstić information content (AvgIpc) is 2.63. The van der Waals surface area contributed by atoms with Gasteiger partial charge in [0.2, 0.25) is 0 Å². The van der Waals surface area contributed by atoms with E-state index in [0.29, 0.717) is 5.92 Å². The number of benzene rings is 2. The largest absolute Gasteiger partial charge is 0.396 e. The van der Waals surface area contributed by atoms with Crippen LogP contribution in [-0.4, -0.2) is 25.8 Å². The van der Waals surface area contributed by atoms with Crippen molar-refractivity contribution in [1.29, 1.82) is 0 Å². The fourth-order valence-electron chi connectivity index (χ4n) is 2.35. The lowest BCUT2D eigenvalue weighted by atomic mass is 10.2. The van der Waals surface area contributed by atoms with E-state index in [0.717, 1.165) is 5.33 Å². The average molecular weight is 393 g/mol. The summed E-state index contributed by atoms with van der Waals surface area (Å²) >= 11 is 3.21. The Bertz CT molecular complexity index is 460. The lowest BCUT2D eigenvalue weighted by Crippen LogP contribution is -2.41. The van der Waals surface area contributed by atoms with Crippen molar-refractivity contribution in [2.75, 3.05) is 11.9 Å². The predicted octanol–water partition coefficient (Wildman–Crippen LogP) is 3.84. The molecule has 0 bridgehead atoms. The summed E-state index contributed by atoms with van der Waals surface area (Å²) in [6.07, 6.45) is 2.64. The second kappa shape index (κ2) is 12.5. The second-order valence-electron chi connectivity index (χ2n) is 5.96. The highest BCUT2D eigenvalue weighted by Gasteiger charge is 2.14. The Morgan fingerprint density at radius 2 is 1.43 bits per heavy atom. The van der Waals surface area contributed by atoms with Crippen molar-refractivity contribution in [2.24, 2.45) is 5.92 Å². The van der Waals surface area contributed by atoms with E-state index in [1.54, 1.807) is 10.4 Å². The number of unbranched alkanes of at least 4 members (excludes halogenated alkanes) is 1. The zero-order valence-corrected chi connectivity index (χ0v) is 17.0. The molecule has 0 amide bonds. The summed E-state index contributed by atoms with van der Waals surface area (Å²) in [5.74, 6) is 0.407. The minimum atomic E-state index is -0.968. The molecule has 1 atom stereocenters. The van der Waals surface area contributed by atoms with Crippen LogP contribution in [0.15, 0.2) is 60.7 Å². The van der Waals surface area contributed by atoms with E-state index in [4.69, 9.17) is 5.11 Å². The molecule has 2 rings (SSSR count). The molecular weight excluding hydrogens is 364 g/mol. The van der Waals surface area contributed by atoms with Gasteiger partial charge in [-0.25, -0.2) is 0 Å². The fourth-order valence-corrected chi connectivity index (χ4v) is 5.80. The van der Waals surface area contributed by atoms with Gasteiger partial charge in [-0.1, -0.05) is 120 Å². The lowest BCUT2D eigenvalue weighted by molar-refractivity contribution is 0.251. The first-order valence-corrected chi connectivity index (χ1v) is 11.6. The van der Waals surface area contributed by atoms with Gasteiger partial charge in [0.05, 0.1) is 0 Å². The van der Waals surface area contributed by atoms with E-state index >= 15 is 0 Å². The van der Waals surface area contributed by atoms with Crippen molar-refractivity contribution in [2.45, 2.75) is 32.7 Å². The number of rotatable bonds is 7. The van der Waals surface area contributed by atoms with Crippen LogP contribution in [0.1, 0.15) is 26.7 Å². The summed E-state index contributed by atoms with van der Waals surface area (Å²) in [5, 5.41) is 12.3. The summed E-state index contributed by atoms with van der Waals surface area (Å²) in [7, 11) is -0.968. The third-order valence-electron chi connectivity index (χ3n) is 3.83. The Hall–Kier alpha value is -0.903. The van der Waals surface area contributed by atoms with E-state index in [-0.39, 0.29) is 6.61 Å². The zero-order valence-electron chi connectivity index (χ0n) is 14.3. The predicted molar refractivity (Wildman–Crippen MR) is 109 cm³/mol. The first kappa shape index (κ1) is 20.1. The summed E-state index contributed by atoms with van der Waals surface area (Å²) < 4.78 is 0.